The van der Waals surface area contributed by atoms with E-state index < -0.39 is 0 Å². The van der Waals surface area contributed by atoms with E-state index in [2.05, 4.69) is 58.4 Å². The molecule has 0 amide bonds. The molecule has 4 unspecified atom stereocenters. The maximum Gasteiger partial charge on any atom is 0.0583 e. The number of fused-ring (bicyclic) bond motifs is 1. The Labute approximate surface area is 161 Å². The van der Waals surface area contributed by atoms with Gasteiger partial charge in [-0.15, -0.1) is 0 Å². The first-order valence-electron chi connectivity index (χ1n) is 9.55. The highest BCUT2D eigenvalue weighted by atomic mass is 127. The molecular weight excluding hydrogens is 407 g/mol. The molecule has 0 radical (unpaired) electrons. The number of allylic oxidation sites excluding steroid dienone is 5. The summed E-state index contributed by atoms with van der Waals surface area (Å²) in [6, 6.07) is 0. The van der Waals surface area contributed by atoms with Crippen LogP contribution in [0.3, 0.4) is 0 Å². The van der Waals surface area contributed by atoms with Crippen LogP contribution in [0.1, 0.15) is 64.7 Å². The summed E-state index contributed by atoms with van der Waals surface area (Å²) in [4.78, 5) is 0. The van der Waals surface area contributed by atoms with Gasteiger partial charge in [-0.05, 0) is 84.7 Å². The average molecular weight is 438 g/mol. The molecule has 3 aliphatic rings. The van der Waals surface area contributed by atoms with E-state index in [0.29, 0.717) is 5.41 Å². The van der Waals surface area contributed by atoms with Crippen LogP contribution in [0.15, 0.2) is 45.6 Å². The summed E-state index contributed by atoms with van der Waals surface area (Å²) in [6.07, 6.45) is 17.4. The Hall–Kier alpha value is -0.350. The monoisotopic (exact) mass is 438 g/mol. The van der Waals surface area contributed by atoms with Gasteiger partial charge in [0.15, 0.2) is 0 Å². The first-order chi connectivity index (χ1) is 11.5. The third-order valence-corrected chi connectivity index (χ3v) is 7.37. The van der Waals surface area contributed by atoms with Gasteiger partial charge in [0.2, 0.25) is 0 Å². The highest BCUT2D eigenvalue weighted by Crippen LogP contribution is 2.58. The highest BCUT2D eigenvalue weighted by Gasteiger charge is 2.48. The Morgan fingerprint density at radius 3 is 2.88 bits per heavy atom. The third-order valence-electron chi connectivity index (χ3n) is 6.86. The lowest BCUT2D eigenvalue weighted by Crippen LogP contribution is -2.33. The van der Waals surface area contributed by atoms with Crippen LogP contribution in [0, 0.1) is 17.3 Å². The van der Waals surface area contributed by atoms with Crippen molar-refractivity contribution in [2.24, 2.45) is 17.3 Å². The fourth-order valence-corrected chi connectivity index (χ4v) is 5.64. The van der Waals surface area contributed by atoms with Crippen LogP contribution in [0.25, 0.3) is 0 Å². The second-order valence-electron chi connectivity index (χ2n) is 8.22. The summed E-state index contributed by atoms with van der Waals surface area (Å²) < 4.78 is 2.18. The van der Waals surface area contributed by atoms with Gasteiger partial charge in [0.25, 0.3) is 0 Å². The second kappa shape index (κ2) is 7.90. The lowest BCUT2D eigenvalue weighted by Gasteiger charge is -2.42. The van der Waals surface area contributed by atoms with Crippen LogP contribution in [0.4, 0.5) is 0 Å². The van der Waals surface area contributed by atoms with Gasteiger partial charge in [-0.3, -0.25) is 0 Å². The van der Waals surface area contributed by atoms with Gasteiger partial charge in [-0.25, -0.2) is 0 Å². The van der Waals surface area contributed by atoms with Gasteiger partial charge < -0.3 is 5.11 Å². The Morgan fingerprint density at radius 1 is 1.25 bits per heavy atom. The molecule has 0 spiro atoms. The molecule has 0 bridgehead atoms. The minimum Gasteiger partial charge on any atom is -0.393 e. The van der Waals surface area contributed by atoms with E-state index in [1.165, 1.54) is 49.7 Å². The van der Waals surface area contributed by atoms with Gasteiger partial charge in [-0.2, -0.15) is 0 Å². The second-order valence-corrected chi connectivity index (χ2v) is 8.94. The normalized spacial score (nSPS) is 40.6. The minimum atomic E-state index is -0.173. The van der Waals surface area contributed by atoms with Crippen LogP contribution >= 0.6 is 22.6 Å². The van der Waals surface area contributed by atoms with Gasteiger partial charge in [0, 0.05) is 0 Å². The molecule has 3 aliphatic carbocycles. The Balaban J connectivity index is 1.78. The maximum absolute atomic E-state index is 9.93. The first-order valence-corrected chi connectivity index (χ1v) is 10.8. The third kappa shape index (κ3) is 3.75. The molecule has 3 fully saturated rings. The van der Waals surface area contributed by atoms with E-state index in [-0.39, 0.29) is 6.10 Å². The van der Waals surface area contributed by atoms with E-state index in [0.717, 1.165) is 31.1 Å². The molecule has 1 nitrogen and oxygen atoms in total. The SMILES string of the molecule is C=C1CCC(O)C/C1=C\C=C1/CCCC2(C)C(C/C=C/I)CCC12. The molecule has 2 heteroatoms. The Bertz CT molecular complexity index is 571. The number of hydrogen-bond acceptors (Lipinski definition) is 1. The molecule has 0 aliphatic heterocycles. The van der Waals surface area contributed by atoms with Crippen molar-refractivity contribution in [3.63, 3.8) is 0 Å². The van der Waals surface area contributed by atoms with Gasteiger partial charge in [0.05, 0.1) is 6.10 Å². The van der Waals surface area contributed by atoms with Gasteiger partial charge >= 0.3 is 0 Å². The number of aliphatic hydroxyl groups is 1. The first kappa shape index (κ1) is 18.4. The van der Waals surface area contributed by atoms with Crippen LogP contribution in [-0.2, 0) is 0 Å². The lowest BCUT2D eigenvalue weighted by molar-refractivity contribution is 0.137. The van der Waals surface area contributed by atoms with Crippen LogP contribution in [0.5, 0.6) is 0 Å². The molecule has 24 heavy (non-hydrogen) atoms. The minimum absolute atomic E-state index is 0.173. The smallest absolute Gasteiger partial charge is 0.0583 e. The standard InChI is InChI=1S/C22H31IO/c1-16-7-11-20(24)15-18(16)9-8-17-5-3-13-22(2)19(6-4-14-23)10-12-21(17)22/h4,8-9,14,19-21,24H,1,3,5-7,10-13,15H2,2H3/b14-4+,17-8+,18-9+. The topological polar surface area (TPSA) is 20.2 Å². The molecular formula is C22H31IO. The summed E-state index contributed by atoms with van der Waals surface area (Å²) in [6.45, 7) is 6.74. The van der Waals surface area contributed by atoms with Crippen LogP contribution in [-0.4, -0.2) is 11.2 Å². The molecule has 0 aromatic heterocycles. The molecule has 0 saturated heterocycles. The number of hydrogen-bond donors (Lipinski definition) is 1. The van der Waals surface area contributed by atoms with Crippen molar-refractivity contribution in [3.8, 4) is 0 Å². The summed E-state index contributed by atoms with van der Waals surface area (Å²) in [5.41, 5.74) is 4.65. The largest absolute Gasteiger partial charge is 0.393 e. The lowest BCUT2D eigenvalue weighted by atomic mass is 9.63. The van der Waals surface area contributed by atoms with Crippen molar-refractivity contribution < 1.29 is 5.11 Å². The average Bonchev–Trinajstić information content (AvgIpc) is 2.90. The highest BCUT2D eigenvalue weighted by molar-refractivity contribution is 14.1. The Morgan fingerprint density at radius 2 is 2.08 bits per heavy atom. The summed E-state index contributed by atoms with van der Waals surface area (Å²) in [7, 11) is 0. The fraction of sp³-hybridized carbons (Fsp3) is 0.636. The van der Waals surface area contributed by atoms with Crippen molar-refractivity contribution in [3.05, 3.63) is 45.6 Å². The predicted octanol–water partition coefficient (Wildman–Crippen LogP) is 6.50. The van der Waals surface area contributed by atoms with Crippen molar-refractivity contribution in [2.45, 2.75) is 70.8 Å². The van der Waals surface area contributed by atoms with E-state index in [9.17, 15) is 5.11 Å². The predicted molar refractivity (Wildman–Crippen MR) is 111 cm³/mol. The fourth-order valence-electron chi connectivity index (χ4n) is 5.34. The summed E-state index contributed by atoms with van der Waals surface area (Å²) >= 11 is 2.34. The molecule has 3 saturated carbocycles. The molecule has 1 N–H and O–H groups in total. The molecule has 4 atom stereocenters. The van der Waals surface area contributed by atoms with Crippen molar-refractivity contribution in [2.75, 3.05) is 0 Å². The van der Waals surface area contributed by atoms with Crippen molar-refractivity contribution in [1.82, 2.24) is 0 Å². The van der Waals surface area contributed by atoms with Crippen molar-refractivity contribution in [1.29, 1.82) is 0 Å². The zero-order chi connectivity index (χ0) is 17.2. The van der Waals surface area contributed by atoms with Gasteiger partial charge in [-0.1, -0.05) is 65.5 Å². The molecule has 132 valence electrons. The quantitative estimate of drug-likeness (QED) is 0.499. The van der Waals surface area contributed by atoms with Crippen LogP contribution in [0.2, 0.25) is 0 Å². The van der Waals surface area contributed by atoms with Gasteiger partial charge in [0.1, 0.15) is 0 Å². The van der Waals surface area contributed by atoms with E-state index in [1.54, 1.807) is 5.57 Å². The zero-order valence-electron chi connectivity index (χ0n) is 14.9. The maximum atomic E-state index is 9.93. The number of aliphatic hydroxyl groups excluding tert-OH is 1. The number of rotatable bonds is 3. The molecule has 0 heterocycles. The van der Waals surface area contributed by atoms with E-state index >= 15 is 0 Å². The molecule has 3 rings (SSSR count). The van der Waals surface area contributed by atoms with E-state index in [4.69, 9.17) is 0 Å². The van der Waals surface area contributed by atoms with Crippen LogP contribution < -0.4 is 0 Å². The van der Waals surface area contributed by atoms with E-state index in [1.807, 2.05) is 0 Å². The zero-order valence-corrected chi connectivity index (χ0v) is 17.1. The number of halogens is 1. The Kier molecular flexibility index (Phi) is 6.07. The summed E-state index contributed by atoms with van der Waals surface area (Å²) in [5, 5.41) is 9.93. The van der Waals surface area contributed by atoms with Crippen molar-refractivity contribution >= 4 is 22.6 Å². The summed E-state index contributed by atoms with van der Waals surface area (Å²) in [5.74, 6) is 1.61. The molecule has 0 aromatic rings. The molecule has 0 aromatic carbocycles.